The van der Waals surface area contributed by atoms with Crippen molar-refractivity contribution in [1.82, 2.24) is 14.5 Å². The Labute approximate surface area is 132 Å². The molecule has 2 aromatic heterocycles. The minimum Gasteiger partial charge on any atom is -0.491 e. The molecule has 110 valence electrons. The van der Waals surface area contributed by atoms with Gasteiger partial charge in [-0.25, -0.2) is 4.98 Å². The molecule has 0 radical (unpaired) electrons. The van der Waals surface area contributed by atoms with Crippen LogP contribution in [0.5, 0.6) is 5.75 Å². The first-order valence-electron chi connectivity index (χ1n) is 6.94. The predicted octanol–water partition coefficient (Wildman–Crippen LogP) is 4.30. The minimum atomic E-state index is 0.681. The molecule has 0 spiro atoms. The molecule has 0 saturated heterocycles. The first-order chi connectivity index (χ1) is 10.2. The number of nitrogens with one attached hydrogen (secondary N) is 1. The number of rotatable bonds is 5. The van der Waals surface area contributed by atoms with Crippen LogP contribution in [0.3, 0.4) is 0 Å². The van der Waals surface area contributed by atoms with Gasteiger partial charge in [-0.05, 0) is 37.7 Å². The quantitative estimate of drug-likeness (QED) is 0.713. The Hall–Kier alpha value is -1.66. The van der Waals surface area contributed by atoms with Crippen LogP contribution in [0, 0.1) is 11.7 Å². The Bertz CT molecular complexity index is 816. The highest BCUT2D eigenvalue weighted by Crippen LogP contribution is 2.26. The molecule has 0 saturated carbocycles. The molecule has 0 bridgehead atoms. The topological polar surface area (TPSA) is 42.8 Å². The van der Waals surface area contributed by atoms with E-state index < -0.39 is 0 Å². The van der Waals surface area contributed by atoms with Gasteiger partial charge in [0.05, 0.1) is 29.4 Å². The first kappa shape index (κ1) is 14.3. The molecule has 2 heterocycles. The highest BCUT2D eigenvalue weighted by atomic mass is 32.1. The number of benzene rings is 1. The molecule has 21 heavy (non-hydrogen) atoms. The molecule has 0 aliphatic carbocycles. The van der Waals surface area contributed by atoms with Crippen molar-refractivity contribution in [1.29, 1.82) is 0 Å². The highest BCUT2D eigenvalue weighted by molar-refractivity contribution is 7.71. The number of aryl methyl sites for hydroxylation is 1. The summed E-state index contributed by atoms with van der Waals surface area (Å²) in [6, 6.07) is 6.03. The van der Waals surface area contributed by atoms with Crippen molar-refractivity contribution in [2.24, 2.45) is 0 Å². The van der Waals surface area contributed by atoms with E-state index in [1.807, 2.05) is 19.1 Å². The summed E-state index contributed by atoms with van der Waals surface area (Å²) >= 11 is 7.12. The summed E-state index contributed by atoms with van der Waals surface area (Å²) in [5.41, 5.74) is 3.05. The van der Waals surface area contributed by atoms with Crippen LogP contribution >= 0.6 is 23.6 Å². The van der Waals surface area contributed by atoms with E-state index in [2.05, 4.69) is 32.9 Å². The van der Waals surface area contributed by atoms with Crippen LogP contribution in [-0.4, -0.2) is 21.1 Å². The van der Waals surface area contributed by atoms with Gasteiger partial charge >= 0.3 is 0 Å². The van der Waals surface area contributed by atoms with E-state index >= 15 is 0 Å². The van der Waals surface area contributed by atoms with E-state index in [0.29, 0.717) is 17.9 Å². The van der Waals surface area contributed by atoms with Crippen molar-refractivity contribution < 1.29 is 4.74 Å². The number of para-hydroxylation sites is 1. The lowest BCUT2D eigenvalue weighted by atomic mass is 10.3. The molecule has 0 aliphatic rings. The Morgan fingerprint density at radius 3 is 3.00 bits per heavy atom. The van der Waals surface area contributed by atoms with Crippen molar-refractivity contribution in [3.05, 3.63) is 39.1 Å². The average molecular weight is 319 g/mol. The van der Waals surface area contributed by atoms with Crippen LogP contribution in [0.1, 0.15) is 24.0 Å². The lowest BCUT2D eigenvalue weighted by molar-refractivity contribution is 0.320. The Morgan fingerprint density at radius 2 is 2.29 bits per heavy atom. The van der Waals surface area contributed by atoms with E-state index in [1.54, 1.807) is 11.3 Å². The molecule has 4 nitrogen and oxygen atoms in total. The summed E-state index contributed by atoms with van der Waals surface area (Å²) < 4.78 is 8.55. The maximum absolute atomic E-state index is 5.79. The van der Waals surface area contributed by atoms with Gasteiger partial charge in [0.25, 0.3) is 0 Å². The van der Waals surface area contributed by atoms with Crippen LogP contribution in [-0.2, 0) is 6.54 Å². The maximum atomic E-state index is 5.79. The standard InChI is InChI=1S/C15H17N3OS2/c1-3-7-19-13-6-4-5-12-14(13)17-15(20)18(12)8-11-9-21-10(2)16-11/h4-6,9H,3,7-8H2,1-2H3,(H,17,20). The van der Waals surface area contributed by atoms with E-state index in [9.17, 15) is 0 Å². The van der Waals surface area contributed by atoms with Gasteiger partial charge < -0.3 is 14.3 Å². The molecule has 1 aromatic carbocycles. The molecular weight excluding hydrogens is 302 g/mol. The van der Waals surface area contributed by atoms with E-state index in [1.165, 1.54) is 0 Å². The summed E-state index contributed by atoms with van der Waals surface area (Å²) in [4.78, 5) is 7.77. The number of thiazole rings is 1. The number of nitrogens with zero attached hydrogens (tertiary/aromatic N) is 2. The van der Waals surface area contributed by atoms with Crippen molar-refractivity contribution in [2.45, 2.75) is 26.8 Å². The van der Waals surface area contributed by atoms with Crippen molar-refractivity contribution in [3.63, 3.8) is 0 Å². The second-order valence-electron chi connectivity index (χ2n) is 4.87. The van der Waals surface area contributed by atoms with Gasteiger partial charge in [0.1, 0.15) is 11.3 Å². The third kappa shape index (κ3) is 2.87. The van der Waals surface area contributed by atoms with Gasteiger partial charge in [-0.1, -0.05) is 13.0 Å². The van der Waals surface area contributed by atoms with Crippen LogP contribution in [0.4, 0.5) is 0 Å². The van der Waals surface area contributed by atoms with Gasteiger partial charge in [0, 0.05) is 5.38 Å². The lowest BCUT2D eigenvalue weighted by Crippen LogP contribution is -2.00. The van der Waals surface area contributed by atoms with Crippen LogP contribution in [0.2, 0.25) is 0 Å². The summed E-state index contributed by atoms with van der Waals surface area (Å²) in [6.07, 6.45) is 0.982. The van der Waals surface area contributed by atoms with Gasteiger partial charge in [-0.15, -0.1) is 11.3 Å². The van der Waals surface area contributed by atoms with Crippen LogP contribution in [0.25, 0.3) is 11.0 Å². The zero-order valence-electron chi connectivity index (χ0n) is 12.0. The highest BCUT2D eigenvalue weighted by Gasteiger charge is 2.10. The zero-order chi connectivity index (χ0) is 14.8. The Kier molecular flexibility index (Phi) is 4.07. The first-order valence-corrected chi connectivity index (χ1v) is 8.23. The monoisotopic (exact) mass is 319 g/mol. The number of H-pyrrole nitrogens is 1. The number of aromatic amines is 1. The summed E-state index contributed by atoms with van der Waals surface area (Å²) in [6.45, 7) is 5.49. The number of hydrogen-bond acceptors (Lipinski definition) is 4. The lowest BCUT2D eigenvalue weighted by Gasteiger charge is -2.06. The predicted molar refractivity (Wildman–Crippen MR) is 88.9 cm³/mol. The SMILES string of the molecule is CCCOc1cccc2c1[nH]c(=S)n2Cc1csc(C)n1. The average Bonchev–Trinajstić information content (AvgIpc) is 3.02. The Morgan fingerprint density at radius 1 is 1.43 bits per heavy atom. The van der Waals surface area contributed by atoms with Gasteiger partial charge in [0.15, 0.2) is 4.77 Å². The molecule has 3 aromatic rings. The summed E-state index contributed by atoms with van der Waals surface area (Å²) in [7, 11) is 0. The number of hydrogen-bond donors (Lipinski definition) is 1. The third-order valence-corrected chi connectivity index (χ3v) is 4.37. The maximum Gasteiger partial charge on any atom is 0.178 e. The van der Waals surface area contributed by atoms with Crippen LogP contribution in [0.15, 0.2) is 23.6 Å². The van der Waals surface area contributed by atoms with Crippen molar-refractivity contribution in [2.75, 3.05) is 6.61 Å². The molecule has 0 unspecified atom stereocenters. The van der Waals surface area contributed by atoms with E-state index in [4.69, 9.17) is 17.0 Å². The molecule has 1 N–H and O–H groups in total. The molecular formula is C15H17N3OS2. The summed E-state index contributed by atoms with van der Waals surface area (Å²) in [5.74, 6) is 0.855. The Balaban J connectivity index is 2.03. The molecule has 0 amide bonds. The van der Waals surface area contributed by atoms with Gasteiger partial charge in [0.2, 0.25) is 0 Å². The fraction of sp³-hybridized carbons (Fsp3) is 0.333. The molecule has 0 aliphatic heterocycles. The molecule has 0 atom stereocenters. The number of ether oxygens (including phenoxy) is 1. The van der Waals surface area contributed by atoms with Crippen molar-refractivity contribution in [3.8, 4) is 5.75 Å². The fourth-order valence-corrected chi connectivity index (χ4v) is 3.15. The summed E-state index contributed by atoms with van der Waals surface area (Å²) in [5, 5.41) is 3.15. The van der Waals surface area contributed by atoms with Crippen molar-refractivity contribution >= 4 is 34.6 Å². The molecule has 6 heteroatoms. The zero-order valence-corrected chi connectivity index (χ0v) is 13.7. The van der Waals surface area contributed by atoms with Gasteiger partial charge in [-0.3, -0.25) is 0 Å². The van der Waals surface area contributed by atoms with Gasteiger partial charge in [-0.2, -0.15) is 0 Å². The molecule has 0 fully saturated rings. The number of fused-ring (bicyclic) bond motifs is 1. The molecule has 3 rings (SSSR count). The minimum absolute atomic E-state index is 0.681. The second-order valence-corrected chi connectivity index (χ2v) is 6.32. The third-order valence-electron chi connectivity index (χ3n) is 3.22. The van der Waals surface area contributed by atoms with E-state index in [-0.39, 0.29) is 0 Å². The number of imidazole rings is 1. The largest absolute Gasteiger partial charge is 0.491 e. The number of aromatic nitrogens is 3. The second kappa shape index (κ2) is 5.99. The van der Waals surface area contributed by atoms with E-state index in [0.717, 1.165) is 33.9 Å². The smallest absolute Gasteiger partial charge is 0.178 e. The fourth-order valence-electron chi connectivity index (χ4n) is 2.29. The van der Waals surface area contributed by atoms with Crippen LogP contribution < -0.4 is 4.74 Å². The normalized spacial score (nSPS) is 11.1.